The highest BCUT2D eigenvalue weighted by Crippen LogP contribution is 2.63. The molecule has 2 aliphatic heterocycles. The average Bonchev–Trinajstić information content (AvgIpc) is 2.73. The van der Waals surface area contributed by atoms with Crippen molar-refractivity contribution in [3.63, 3.8) is 0 Å². The summed E-state index contributed by atoms with van der Waals surface area (Å²) in [5.41, 5.74) is 0.734. The molecule has 1 N–H and O–H groups in total. The molecule has 5 nitrogen and oxygen atoms in total. The zero-order chi connectivity index (χ0) is 20.9. The van der Waals surface area contributed by atoms with Crippen LogP contribution in [0.5, 0.6) is 5.75 Å². The quantitative estimate of drug-likeness (QED) is 0.736. The zero-order valence-corrected chi connectivity index (χ0v) is 18.5. The molecule has 2 bridgehead atoms. The first-order valence-corrected chi connectivity index (χ1v) is 11.8. The number of nitrogens with one attached hydrogen (secondary N) is 1. The van der Waals surface area contributed by atoms with Gasteiger partial charge < -0.3 is 19.5 Å². The van der Waals surface area contributed by atoms with Crippen LogP contribution in [0.4, 0.5) is 4.79 Å². The fourth-order valence-corrected chi connectivity index (χ4v) is 6.91. The van der Waals surface area contributed by atoms with E-state index in [0.717, 1.165) is 30.6 Å². The van der Waals surface area contributed by atoms with Crippen LogP contribution < -0.4 is 10.1 Å². The lowest BCUT2D eigenvalue weighted by Crippen LogP contribution is -2.66. The number of hydrogen-bond donors (Lipinski definition) is 1. The molecule has 30 heavy (non-hydrogen) atoms. The summed E-state index contributed by atoms with van der Waals surface area (Å²) < 4.78 is 19.0. The lowest BCUT2D eigenvalue weighted by atomic mass is 9.50. The molecule has 0 radical (unpaired) electrons. The van der Waals surface area contributed by atoms with Crippen LogP contribution in [0.1, 0.15) is 71.0 Å². The molecule has 2 heterocycles. The van der Waals surface area contributed by atoms with Gasteiger partial charge in [0.05, 0.1) is 12.7 Å². The van der Waals surface area contributed by atoms with Crippen molar-refractivity contribution in [2.75, 3.05) is 13.2 Å². The lowest BCUT2D eigenvalue weighted by Gasteiger charge is -2.63. The number of fused-ring (bicyclic) bond motifs is 3. The van der Waals surface area contributed by atoms with E-state index in [-0.39, 0.29) is 35.2 Å². The monoisotopic (exact) mass is 413 g/mol. The van der Waals surface area contributed by atoms with Gasteiger partial charge in [-0.3, -0.25) is 0 Å². The molecule has 1 aromatic rings. The first-order valence-electron chi connectivity index (χ1n) is 11.8. The molecule has 5 rings (SSSR count). The molecule has 1 saturated heterocycles. The highest BCUT2D eigenvalue weighted by molar-refractivity contribution is 5.67. The molecular weight excluding hydrogens is 378 g/mol. The van der Waals surface area contributed by atoms with E-state index in [9.17, 15) is 4.79 Å². The maximum absolute atomic E-state index is 12.5. The van der Waals surface area contributed by atoms with Gasteiger partial charge in [0.15, 0.2) is 0 Å². The number of carbonyl (C=O) groups is 1. The Bertz CT molecular complexity index is 806. The second-order valence-electron chi connectivity index (χ2n) is 10.4. The highest BCUT2D eigenvalue weighted by Gasteiger charge is 2.64. The minimum atomic E-state index is -0.267. The van der Waals surface area contributed by atoms with Crippen LogP contribution in [0, 0.1) is 23.2 Å². The summed E-state index contributed by atoms with van der Waals surface area (Å²) in [7, 11) is 0. The number of carbonyl (C=O) groups excluding carboxylic acids is 1. The number of benzene rings is 1. The Morgan fingerprint density at radius 2 is 1.97 bits per heavy atom. The third-order valence-corrected chi connectivity index (χ3v) is 8.67. The van der Waals surface area contributed by atoms with Crippen LogP contribution >= 0.6 is 0 Å². The molecular formula is C25H35NO4. The Morgan fingerprint density at radius 3 is 2.77 bits per heavy atom. The Balaban J connectivity index is 1.34. The molecule has 0 aromatic heterocycles. The van der Waals surface area contributed by atoms with Crippen LogP contribution in [0.3, 0.4) is 0 Å². The van der Waals surface area contributed by atoms with Crippen LogP contribution in [0.2, 0.25) is 0 Å². The van der Waals surface area contributed by atoms with Gasteiger partial charge in [-0.25, -0.2) is 4.79 Å². The van der Waals surface area contributed by atoms with Gasteiger partial charge in [0.1, 0.15) is 18.0 Å². The Labute approximate surface area is 179 Å². The molecule has 2 saturated carbocycles. The molecule has 1 amide bonds. The standard InChI is InChI=1S/C25H35NO4/c1-16-13-24(3)21-17(2)25(16,15-29-23(27)26-18-9-5-4-6-10-18)14-28-22(21)19-11-7-8-12-20(19)30-24/h7-8,11-12,16-18,21-22H,4-6,9-10,13-15H2,1-3H3,(H,26,27)/t16-,17+,21-,22-,24-,25?/m1/s1. The van der Waals surface area contributed by atoms with Crippen LogP contribution in [0.15, 0.2) is 24.3 Å². The van der Waals surface area contributed by atoms with Crippen molar-refractivity contribution < 1.29 is 19.0 Å². The summed E-state index contributed by atoms with van der Waals surface area (Å²) in [5, 5.41) is 3.09. The topological polar surface area (TPSA) is 56.8 Å². The first-order chi connectivity index (χ1) is 14.4. The van der Waals surface area contributed by atoms with Gasteiger partial charge in [-0.2, -0.15) is 0 Å². The van der Waals surface area contributed by atoms with E-state index in [4.69, 9.17) is 14.2 Å². The molecule has 164 valence electrons. The SMILES string of the molecule is C[C@@H]1C[C@@]2(C)Oc3ccccc3[C@H]3OCC1(COC(=O)NC1CCCCC1)[C@@H](C)[C@H]32. The number of rotatable bonds is 3. The van der Waals surface area contributed by atoms with Crippen molar-refractivity contribution in [2.24, 2.45) is 23.2 Å². The number of amides is 1. The molecule has 1 unspecified atom stereocenters. The van der Waals surface area contributed by atoms with E-state index in [2.05, 4.69) is 44.3 Å². The molecule has 6 atom stereocenters. The van der Waals surface area contributed by atoms with E-state index in [1.807, 2.05) is 6.07 Å². The summed E-state index contributed by atoms with van der Waals surface area (Å²) in [6.45, 7) is 7.86. The molecule has 2 aliphatic carbocycles. The number of ether oxygens (including phenoxy) is 3. The van der Waals surface area contributed by atoms with Crippen molar-refractivity contribution >= 4 is 6.09 Å². The Morgan fingerprint density at radius 1 is 1.20 bits per heavy atom. The molecule has 1 aromatic carbocycles. The summed E-state index contributed by atoms with van der Waals surface area (Å²) in [5.74, 6) is 1.88. The predicted octanol–water partition coefficient (Wildman–Crippen LogP) is 5.25. The minimum absolute atomic E-state index is 0.0478. The number of para-hydroxylation sites is 1. The van der Waals surface area contributed by atoms with E-state index >= 15 is 0 Å². The second-order valence-corrected chi connectivity index (χ2v) is 10.4. The first kappa shape index (κ1) is 20.2. The van der Waals surface area contributed by atoms with Gasteiger partial charge in [0.25, 0.3) is 0 Å². The molecule has 4 aliphatic rings. The van der Waals surface area contributed by atoms with Crippen molar-refractivity contribution in [1.29, 1.82) is 0 Å². The van der Waals surface area contributed by atoms with E-state index < -0.39 is 0 Å². The fourth-order valence-electron chi connectivity index (χ4n) is 6.91. The molecule has 3 fully saturated rings. The number of hydrogen-bond acceptors (Lipinski definition) is 4. The van der Waals surface area contributed by atoms with Gasteiger partial charge >= 0.3 is 6.09 Å². The zero-order valence-electron chi connectivity index (χ0n) is 18.5. The third kappa shape index (κ3) is 3.12. The maximum Gasteiger partial charge on any atom is 0.407 e. The number of alkyl carbamates (subject to hydrolysis) is 1. The van der Waals surface area contributed by atoms with E-state index in [0.29, 0.717) is 25.0 Å². The highest BCUT2D eigenvalue weighted by atomic mass is 16.6. The average molecular weight is 414 g/mol. The van der Waals surface area contributed by atoms with Crippen molar-refractivity contribution in [3.05, 3.63) is 29.8 Å². The van der Waals surface area contributed by atoms with Gasteiger partial charge in [-0.15, -0.1) is 0 Å². The van der Waals surface area contributed by atoms with Crippen molar-refractivity contribution in [3.8, 4) is 5.75 Å². The van der Waals surface area contributed by atoms with Crippen molar-refractivity contribution in [1.82, 2.24) is 5.32 Å². The summed E-state index contributed by atoms with van der Waals surface area (Å²) in [6.07, 6.45) is 6.52. The fraction of sp³-hybridized carbons (Fsp3) is 0.720. The predicted molar refractivity (Wildman–Crippen MR) is 114 cm³/mol. The summed E-state index contributed by atoms with van der Waals surface area (Å²) >= 11 is 0. The second kappa shape index (κ2) is 7.44. The van der Waals surface area contributed by atoms with E-state index in [1.165, 1.54) is 19.3 Å². The third-order valence-electron chi connectivity index (χ3n) is 8.67. The Hall–Kier alpha value is -1.75. The Kier molecular flexibility index (Phi) is 5.00. The maximum atomic E-state index is 12.5. The minimum Gasteiger partial charge on any atom is -0.487 e. The van der Waals surface area contributed by atoms with Gasteiger partial charge in [0.2, 0.25) is 0 Å². The molecule has 0 spiro atoms. The smallest absolute Gasteiger partial charge is 0.407 e. The largest absolute Gasteiger partial charge is 0.487 e. The van der Waals surface area contributed by atoms with E-state index in [1.54, 1.807) is 0 Å². The molecule has 5 heteroatoms. The lowest BCUT2D eigenvalue weighted by molar-refractivity contribution is -0.259. The summed E-state index contributed by atoms with van der Waals surface area (Å²) in [6, 6.07) is 8.55. The van der Waals surface area contributed by atoms with Crippen molar-refractivity contribution in [2.45, 2.75) is 77.0 Å². The normalized spacial score (nSPS) is 40.1. The van der Waals surface area contributed by atoms with Gasteiger partial charge in [0, 0.05) is 22.9 Å². The van der Waals surface area contributed by atoms with Crippen LogP contribution in [-0.2, 0) is 9.47 Å². The van der Waals surface area contributed by atoms with Gasteiger partial charge in [-0.1, -0.05) is 51.3 Å². The van der Waals surface area contributed by atoms with Crippen LogP contribution in [-0.4, -0.2) is 30.9 Å². The van der Waals surface area contributed by atoms with Crippen LogP contribution in [0.25, 0.3) is 0 Å². The summed E-state index contributed by atoms with van der Waals surface area (Å²) in [4.78, 5) is 12.5. The van der Waals surface area contributed by atoms with Gasteiger partial charge in [-0.05, 0) is 44.1 Å².